The van der Waals surface area contributed by atoms with Crippen molar-refractivity contribution in [3.8, 4) is 0 Å². The van der Waals surface area contributed by atoms with Gasteiger partial charge in [-0.05, 0) is 18.8 Å². The van der Waals surface area contributed by atoms with Gasteiger partial charge in [0.05, 0.1) is 6.42 Å². The van der Waals surface area contributed by atoms with Gasteiger partial charge in [-0.15, -0.1) is 0 Å². The minimum Gasteiger partial charge on any atom is -0.0968 e. The average Bonchev–Trinajstić information content (AvgIpc) is 2.39. The first kappa shape index (κ1) is 8.31. The Kier molecular flexibility index (Phi) is 3.14. The highest BCUT2D eigenvalue weighted by Gasteiger charge is 2.14. The molecule has 1 rings (SSSR count). The molecular weight excluding hydrogens is 136 g/mol. The molecule has 1 heterocycles. The van der Waals surface area contributed by atoms with Gasteiger partial charge in [-0.3, -0.25) is 0 Å². The Morgan fingerprint density at radius 2 is 1.91 bits per heavy atom. The van der Waals surface area contributed by atoms with E-state index in [1.54, 1.807) is 12.4 Å². The monoisotopic (exact) mass is 151 g/mol. The van der Waals surface area contributed by atoms with Crippen LogP contribution < -0.4 is 0 Å². The fourth-order valence-corrected chi connectivity index (χ4v) is 1.07. The molecule has 2 heteroatoms. The predicted octanol–water partition coefficient (Wildman–Crippen LogP) is 2.46. The van der Waals surface area contributed by atoms with Gasteiger partial charge in [0, 0.05) is 0 Å². The van der Waals surface area contributed by atoms with Crippen molar-refractivity contribution >= 4 is 12.4 Å². The summed E-state index contributed by atoms with van der Waals surface area (Å²) in [5.41, 5.74) is 0. The molecule has 1 aliphatic rings. The van der Waals surface area contributed by atoms with Crippen molar-refractivity contribution in [1.82, 2.24) is 0 Å². The van der Waals surface area contributed by atoms with E-state index in [1.165, 1.54) is 12.8 Å². The molecule has 0 N–H and O–H groups in total. The van der Waals surface area contributed by atoms with Crippen molar-refractivity contribution in [2.75, 3.05) is 0 Å². The van der Waals surface area contributed by atoms with Gasteiger partial charge in [0.1, 0.15) is 0 Å². The van der Waals surface area contributed by atoms with Crippen molar-refractivity contribution in [3.63, 3.8) is 0 Å². The summed E-state index contributed by atoms with van der Waals surface area (Å²) >= 11 is 0. The van der Waals surface area contributed by atoms with Crippen molar-refractivity contribution in [2.24, 2.45) is 15.9 Å². The van der Waals surface area contributed by atoms with E-state index in [2.05, 4.69) is 23.8 Å². The maximum absolute atomic E-state index is 4.10. The van der Waals surface area contributed by atoms with Gasteiger partial charge in [0.25, 0.3) is 0 Å². The molecule has 11 heavy (non-hydrogen) atoms. The Morgan fingerprint density at radius 1 is 1.27 bits per heavy atom. The van der Waals surface area contributed by atoms with Crippen LogP contribution in [-0.4, -0.2) is 12.4 Å². The highest BCUT2D eigenvalue weighted by Crippen LogP contribution is 2.17. The first-order chi connectivity index (χ1) is 5.29. The van der Waals surface area contributed by atoms with Crippen LogP contribution in [0.4, 0.5) is 0 Å². The first-order valence-corrected chi connectivity index (χ1v) is 4.21. The third kappa shape index (κ3) is 3.21. The molecule has 0 amide bonds. The summed E-state index contributed by atoms with van der Waals surface area (Å²) in [7, 11) is 0. The van der Waals surface area contributed by atoms with Crippen molar-refractivity contribution in [1.29, 1.82) is 0 Å². The van der Waals surface area contributed by atoms with Gasteiger partial charge in [0.2, 0.25) is 6.17 Å². The average molecular weight is 151 g/mol. The molecule has 2 nitrogen and oxygen atoms in total. The third-order valence-electron chi connectivity index (χ3n) is 1.70. The number of nitrogens with zero attached hydrogens (tertiary/aromatic N) is 2. The van der Waals surface area contributed by atoms with Crippen molar-refractivity contribution in [2.45, 2.75) is 33.1 Å². The Balaban J connectivity index is 2.03. The van der Waals surface area contributed by atoms with Gasteiger partial charge < -0.3 is 0 Å². The first-order valence-electron chi connectivity index (χ1n) is 4.21. The lowest BCUT2D eigenvalue weighted by Gasteiger charge is -2.01. The molecule has 60 valence electrons. The summed E-state index contributed by atoms with van der Waals surface area (Å²) in [6.07, 6.45) is 8.02. The molecule has 0 radical (unpaired) electrons. The zero-order chi connectivity index (χ0) is 8.10. The second-order valence-electron chi connectivity index (χ2n) is 3.26. The summed E-state index contributed by atoms with van der Waals surface area (Å²) < 4.78 is 0. The lowest BCUT2D eigenvalue weighted by molar-refractivity contribution is 0.540. The SMILES string of the molecule is CC(C)CCC[C+]1N=CC=N1. The van der Waals surface area contributed by atoms with E-state index >= 15 is 0 Å². The molecule has 0 atom stereocenters. The quantitative estimate of drug-likeness (QED) is 0.551. The van der Waals surface area contributed by atoms with Crippen LogP contribution in [0.5, 0.6) is 0 Å². The maximum atomic E-state index is 4.10. The molecule has 0 saturated carbocycles. The summed E-state index contributed by atoms with van der Waals surface area (Å²) in [6, 6.07) is 0. The number of rotatable bonds is 4. The zero-order valence-electron chi connectivity index (χ0n) is 7.25. The normalized spacial score (nSPS) is 15.4. The van der Waals surface area contributed by atoms with Gasteiger partial charge in [-0.25, -0.2) is 0 Å². The molecule has 0 aliphatic carbocycles. The largest absolute Gasteiger partial charge is 0.240 e. The molecule has 0 saturated heterocycles. The van der Waals surface area contributed by atoms with E-state index in [9.17, 15) is 0 Å². The van der Waals surface area contributed by atoms with Crippen LogP contribution >= 0.6 is 0 Å². The topological polar surface area (TPSA) is 24.7 Å². The van der Waals surface area contributed by atoms with E-state index in [0.29, 0.717) is 0 Å². The molecule has 0 bridgehead atoms. The summed E-state index contributed by atoms with van der Waals surface area (Å²) in [5.74, 6) is 0.796. The second-order valence-corrected chi connectivity index (χ2v) is 3.26. The van der Waals surface area contributed by atoms with Crippen LogP contribution in [0.25, 0.3) is 0 Å². The number of aliphatic imine (C=N–C) groups is 2. The van der Waals surface area contributed by atoms with E-state index in [1.807, 2.05) is 0 Å². The lowest BCUT2D eigenvalue weighted by Crippen LogP contribution is -1.90. The molecule has 0 spiro atoms. The number of hydrogen-bond donors (Lipinski definition) is 0. The highest BCUT2D eigenvalue weighted by atomic mass is 15.0. The van der Waals surface area contributed by atoms with Gasteiger partial charge >= 0.3 is 0 Å². The van der Waals surface area contributed by atoms with Crippen LogP contribution in [0.15, 0.2) is 9.98 Å². The minimum absolute atomic E-state index is 0.796. The van der Waals surface area contributed by atoms with Gasteiger partial charge in [-0.1, -0.05) is 23.8 Å². The maximum Gasteiger partial charge on any atom is 0.240 e. The Hall–Kier alpha value is -0.790. The smallest absolute Gasteiger partial charge is 0.0968 e. The Labute approximate surface area is 68.4 Å². The van der Waals surface area contributed by atoms with Crippen LogP contribution in [-0.2, 0) is 0 Å². The molecular formula is C9H15N2+. The van der Waals surface area contributed by atoms with Gasteiger partial charge in [-0.2, -0.15) is 0 Å². The molecule has 0 aromatic heterocycles. The molecule has 0 aromatic carbocycles. The molecule has 0 aromatic rings. The minimum atomic E-state index is 0.796. The third-order valence-corrected chi connectivity index (χ3v) is 1.70. The van der Waals surface area contributed by atoms with Crippen molar-refractivity contribution in [3.05, 3.63) is 6.17 Å². The fraction of sp³-hybridized carbons (Fsp3) is 0.667. The molecule has 1 aliphatic heterocycles. The van der Waals surface area contributed by atoms with E-state index in [0.717, 1.165) is 18.5 Å². The predicted molar refractivity (Wildman–Crippen MR) is 48.9 cm³/mol. The summed E-state index contributed by atoms with van der Waals surface area (Å²) in [5, 5.41) is 0. The van der Waals surface area contributed by atoms with E-state index in [-0.39, 0.29) is 0 Å². The summed E-state index contributed by atoms with van der Waals surface area (Å²) in [4.78, 5) is 8.20. The van der Waals surface area contributed by atoms with Crippen LogP contribution in [0.1, 0.15) is 33.1 Å². The van der Waals surface area contributed by atoms with Crippen LogP contribution in [0.2, 0.25) is 0 Å². The standard InChI is InChI=1S/C9H15N2/c1-8(2)4-3-5-9-10-6-7-11-9/h6-8H,3-5H2,1-2H3/q+1. The van der Waals surface area contributed by atoms with Gasteiger partial charge in [0.15, 0.2) is 12.4 Å². The van der Waals surface area contributed by atoms with Crippen molar-refractivity contribution < 1.29 is 0 Å². The number of hydrogen-bond acceptors (Lipinski definition) is 2. The second kappa shape index (κ2) is 4.16. The van der Waals surface area contributed by atoms with Crippen LogP contribution in [0.3, 0.4) is 0 Å². The summed E-state index contributed by atoms with van der Waals surface area (Å²) in [6.45, 7) is 4.48. The zero-order valence-corrected chi connectivity index (χ0v) is 7.25. The molecule has 0 fully saturated rings. The Morgan fingerprint density at radius 3 is 2.45 bits per heavy atom. The van der Waals surface area contributed by atoms with Crippen LogP contribution in [0, 0.1) is 12.1 Å². The lowest BCUT2D eigenvalue weighted by atomic mass is 10.1. The highest BCUT2D eigenvalue weighted by molar-refractivity contribution is 6.18. The van der Waals surface area contributed by atoms with E-state index < -0.39 is 0 Å². The molecule has 0 unspecified atom stereocenters. The van der Waals surface area contributed by atoms with E-state index in [4.69, 9.17) is 0 Å². The fourth-order valence-electron chi connectivity index (χ4n) is 1.07. The Bertz CT molecular complexity index is 147.